The Morgan fingerprint density at radius 1 is 1.04 bits per heavy atom. The van der Waals surface area contributed by atoms with Crippen LogP contribution < -0.4 is 14.8 Å². The number of halogens is 1. The molecule has 0 spiro atoms. The van der Waals surface area contributed by atoms with Gasteiger partial charge in [-0.15, -0.1) is 0 Å². The lowest BCUT2D eigenvalue weighted by atomic mass is 10.1. The number of carbonyl (C=O) groups is 1. The van der Waals surface area contributed by atoms with Crippen LogP contribution in [0, 0.1) is 0 Å². The predicted molar refractivity (Wildman–Crippen MR) is 104 cm³/mol. The first kappa shape index (κ1) is 18.7. The molecule has 0 unspecified atom stereocenters. The average Bonchev–Trinajstić information content (AvgIpc) is 2.69. The molecule has 6 heteroatoms. The van der Waals surface area contributed by atoms with Crippen LogP contribution in [0.5, 0.6) is 17.4 Å². The lowest BCUT2D eigenvalue weighted by Crippen LogP contribution is -2.24. The first-order valence-electron chi connectivity index (χ1n) is 8.41. The van der Waals surface area contributed by atoms with E-state index in [9.17, 15) is 4.79 Å². The normalized spacial score (nSPS) is 10.3. The second kappa shape index (κ2) is 9.05. The molecule has 3 aromatic rings. The Kier molecular flexibility index (Phi) is 6.28. The lowest BCUT2D eigenvalue weighted by Gasteiger charge is -2.13. The molecule has 27 heavy (non-hydrogen) atoms. The molecule has 0 bridgehead atoms. The minimum Gasteiger partial charge on any atom is -0.493 e. The second-order valence-corrected chi connectivity index (χ2v) is 6.24. The molecule has 2 aromatic carbocycles. The van der Waals surface area contributed by atoms with Crippen molar-refractivity contribution in [3.63, 3.8) is 0 Å². The molecule has 0 saturated carbocycles. The Morgan fingerprint density at radius 3 is 2.52 bits per heavy atom. The summed E-state index contributed by atoms with van der Waals surface area (Å²) in [6.45, 7) is 0.310. The molecule has 1 amide bonds. The summed E-state index contributed by atoms with van der Waals surface area (Å²) in [5.74, 6) is 1.51. The minimum absolute atomic E-state index is 0.0931. The third-order valence-corrected chi connectivity index (χ3v) is 4.13. The Bertz CT molecular complexity index is 913. The number of amides is 1. The summed E-state index contributed by atoms with van der Waals surface area (Å²) in [4.78, 5) is 16.5. The zero-order chi connectivity index (χ0) is 19.1. The number of nitrogens with one attached hydrogen (secondary N) is 1. The van der Waals surface area contributed by atoms with E-state index in [1.54, 1.807) is 37.6 Å². The smallest absolute Gasteiger partial charge is 0.224 e. The van der Waals surface area contributed by atoms with E-state index < -0.39 is 0 Å². The monoisotopic (exact) mass is 382 g/mol. The summed E-state index contributed by atoms with van der Waals surface area (Å²) in [6, 6.07) is 18.2. The van der Waals surface area contributed by atoms with Crippen LogP contribution in [0.1, 0.15) is 11.1 Å². The molecule has 0 radical (unpaired) electrons. The fourth-order valence-corrected chi connectivity index (χ4v) is 2.63. The highest BCUT2D eigenvalue weighted by Crippen LogP contribution is 2.31. The van der Waals surface area contributed by atoms with E-state index in [0.717, 1.165) is 11.1 Å². The van der Waals surface area contributed by atoms with Crippen molar-refractivity contribution in [2.24, 2.45) is 0 Å². The van der Waals surface area contributed by atoms with Gasteiger partial charge in [0, 0.05) is 23.3 Å². The lowest BCUT2D eigenvalue weighted by molar-refractivity contribution is -0.120. The highest BCUT2D eigenvalue weighted by atomic mass is 35.5. The zero-order valence-corrected chi connectivity index (χ0v) is 15.6. The van der Waals surface area contributed by atoms with Crippen LogP contribution in [0.15, 0.2) is 66.9 Å². The fourth-order valence-electron chi connectivity index (χ4n) is 2.50. The molecule has 0 fully saturated rings. The van der Waals surface area contributed by atoms with E-state index >= 15 is 0 Å². The highest BCUT2D eigenvalue weighted by Gasteiger charge is 2.11. The molecule has 1 N–H and O–H groups in total. The molecule has 1 aromatic heterocycles. The molecule has 138 valence electrons. The van der Waals surface area contributed by atoms with Gasteiger partial charge in [-0.2, -0.15) is 0 Å². The molecular weight excluding hydrogens is 364 g/mol. The summed E-state index contributed by atoms with van der Waals surface area (Å²) in [5.41, 5.74) is 1.67. The number of hydrogen-bond donors (Lipinski definition) is 1. The van der Waals surface area contributed by atoms with Crippen molar-refractivity contribution in [3.8, 4) is 17.4 Å². The van der Waals surface area contributed by atoms with Crippen LogP contribution in [0.25, 0.3) is 0 Å². The number of methoxy groups -OCH3 is 1. The summed E-state index contributed by atoms with van der Waals surface area (Å²) < 4.78 is 11.2. The number of ether oxygens (including phenoxy) is 2. The Balaban J connectivity index is 1.65. The van der Waals surface area contributed by atoms with E-state index in [1.807, 2.05) is 36.4 Å². The summed E-state index contributed by atoms with van der Waals surface area (Å²) in [7, 11) is 1.58. The number of rotatable bonds is 7. The van der Waals surface area contributed by atoms with Crippen LogP contribution >= 0.6 is 11.6 Å². The number of nitrogens with zero attached hydrogens (tertiary/aromatic N) is 1. The number of pyridine rings is 1. The Labute approximate surface area is 162 Å². The van der Waals surface area contributed by atoms with Crippen LogP contribution in [-0.4, -0.2) is 18.0 Å². The maximum absolute atomic E-state index is 12.2. The number of hydrogen-bond acceptors (Lipinski definition) is 4. The van der Waals surface area contributed by atoms with Crippen LogP contribution in [0.3, 0.4) is 0 Å². The number of carbonyl (C=O) groups excluding carboxylic acids is 1. The number of para-hydroxylation sites is 2. The van der Waals surface area contributed by atoms with Gasteiger partial charge in [0.15, 0.2) is 11.5 Å². The Morgan fingerprint density at radius 2 is 1.78 bits per heavy atom. The molecule has 0 aliphatic heterocycles. The molecule has 0 atom stereocenters. The number of aromatic nitrogens is 1. The molecule has 0 aliphatic rings. The summed E-state index contributed by atoms with van der Waals surface area (Å²) >= 11 is 5.86. The van der Waals surface area contributed by atoms with Gasteiger partial charge in [0.2, 0.25) is 11.8 Å². The third-order valence-electron chi connectivity index (χ3n) is 3.88. The van der Waals surface area contributed by atoms with E-state index in [2.05, 4.69) is 10.3 Å². The largest absolute Gasteiger partial charge is 0.493 e. The quantitative estimate of drug-likeness (QED) is 0.658. The molecule has 0 saturated heterocycles. The van der Waals surface area contributed by atoms with Gasteiger partial charge in [0.25, 0.3) is 0 Å². The van der Waals surface area contributed by atoms with Gasteiger partial charge in [-0.1, -0.05) is 41.9 Å². The highest BCUT2D eigenvalue weighted by molar-refractivity contribution is 6.30. The van der Waals surface area contributed by atoms with Crippen molar-refractivity contribution in [1.29, 1.82) is 0 Å². The zero-order valence-electron chi connectivity index (χ0n) is 14.8. The predicted octanol–water partition coefficient (Wildman–Crippen LogP) is 4.39. The molecule has 1 heterocycles. The summed E-state index contributed by atoms with van der Waals surface area (Å²) in [5, 5.41) is 3.54. The van der Waals surface area contributed by atoms with Crippen molar-refractivity contribution in [3.05, 3.63) is 83.0 Å². The maximum Gasteiger partial charge on any atom is 0.224 e. The third kappa shape index (κ3) is 5.21. The van der Waals surface area contributed by atoms with E-state index in [0.29, 0.717) is 28.9 Å². The van der Waals surface area contributed by atoms with Gasteiger partial charge in [0.1, 0.15) is 0 Å². The van der Waals surface area contributed by atoms with Crippen molar-refractivity contribution < 1.29 is 14.3 Å². The van der Waals surface area contributed by atoms with Gasteiger partial charge in [-0.3, -0.25) is 4.79 Å². The van der Waals surface area contributed by atoms with Crippen molar-refractivity contribution in [2.45, 2.75) is 13.0 Å². The Hall–Kier alpha value is -3.05. The molecule has 5 nitrogen and oxygen atoms in total. The van der Waals surface area contributed by atoms with E-state index in [-0.39, 0.29) is 12.3 Å². The van der Waals surface area contributed by atoms with E-state index in [4.69, 9.17) is 21.1 Å². The summed E-state index contributed by atoms with van der Waals surface area (Å²) in [6.07, 6.45) is 1.92. The van der Waals surface area contributed by atoms with Gasteiger partial charge in [-0.05, 0) is 35.9 Å². The topological polar surface area (TPSA) is 60.5 Å². The molecular formula is C21H19ClN2O3. The molecule has 0 aliphatic carbocycles. The second-order valence-electron chi connectivity index (χ2n) is 5.80. The fraction of sp³-hybridized carbons (Fsp3) is 0.143. The van der Waals surface area contributed by atoms with Crippen LogP contribution in [0.2, 0.25) is 5.02 Å². The van der Waals surface area contributed by atoms with Crippen molar-refractivity contribution >= 4 is 17.5 Å². The van der Waals surface area contributed by atoms with Gasteiger partial charge >= 0.3 is 0 Å². The van der Waals surface area contributed by atoms with Crippen LogP contribution in [0.4, 0.5) is 0 Å². The first-order chi connectivity index (χ1) is 13.2. The van der Waals surface area contributed by atoms with E-state index in [1.165, 1.54) is 0 Å². The van der Waals surface area contributed by atoms with Gasteiger partial charge in [-0.25, -0.2) is 4.98 Å². The van der Waals surface area contributed by atoms with Crippen molar-refractivity contribution in [1.82, 2.24) is 10.3 Å². The minimum atomic E-state index is -0.0931. The maximum atomic E-state index is 12.2. The molecule has 3 rings (SSSR count). The average molecular weight is 383 g/mol. The van der Waals surface area contributed by atoms with Crippen molar-refractivity contribution in [2.75, 3.05) is 7.11 Å². The van der Waals surface area contributed by atoms with Gasteiger partial charge in [0.05, 0.1) is 13.5 Å². The van der Waals surface area contributed by atoms with Crippen LogP contribution in [-0.2, 0) is 17.8 Å². The standard InChI is InChI=1S/C21H19ClN2O3/c1-26-18-6-2-3-7-19(18)27-21-16(5-4-12-23-21)14-24-20(25)13-15-8-10-17(22)11-9-15/h2-12H,13-14H2,1H3,(H,24,25). The SMILES string of the molecule is COc1ccccc1Oc1ncccc1CNC(=O)Cc1ccc(Cl)cc1. The number of benzene rings is 2. The first-order valence-corrected chi connectivity index (χ1v) is 8.79. The van der Waals surface area contributed by atoms with Gasteiger partial charge < -0.3 is 14.8 Å².